The fourth-order valence-electron chi connectivity index (χ4n) is 2.81. The second-order valence-corrected chi connectivity index (χ2v) is 7.76. The first-order valence-electron chi connectivity index (χ1n) is 7.89. The molecule has 118 valence electrons. The second kappa shape index (κ2) is 7.36. The van der Waals surface area contributed by atoms with E-state index in [0.717, 1.165) is 42.0 Å². The molecule has 0 radical (unpaired) electrons. The van der Waals surface area contributed by atoms with Crippen molar-refractivity contribution in [1.29, 1.82) is 0 Å². The molecule has 5 heteroatoms. The minimum atomic E-state index is -0.779. The van der Waals surface area contributed by atoms with Gasteiger partial charge in [0.1, 0.15) is 0 Å². The first kappa shape index (κ1) is 16.4. The van der Waals surface area contributed by atoms with Gasteiger partial charge in [0.15, 0.2) is 0 Å². The van der Waals surface area contributed by atoms with E-state index in [1.807, 2.05) is 6.20 Å². The molecular weight excluding hydrogens is 284 g/mol. The minimum Gasteiger partial charge on any atom is -0.389 e. The number of aliphatic hydroxyl groups is 1. The number of nitrogens with one attached hydrogen (secondary N) is 1. The Morgan fingerprint density at radius 2 is 2.14 bits per heavy atom. The summed E-state index contributed by atoms with van der Waals surface area (Å²) in [6.45, 7) is 4.87. The van der Waals surface area contributed by atoms with Gasteiger partial charge in [-0.2, -0.15) is 0 Å². The SMILES string of the molecule is CC(C)Cc1ncc(CNC(=O)CC2(O)CCCCC2)s1. The molecule has 4 nitrogen and oxygen atoms in total. The molecule has 1 heterocycles. The van der Waals surface area contributed by atoms with Gasteiger partial charge in [-0.05, 0) is 18.8 Å². The van der Waals surface area contributed by atoms with E-state index in [1.165, 1.54) is 6.42 Å². The largest absolute Gasteiger partial charge is 0.389 e. The number of aromatic nitrogens is 1. The first-order chi connectivity index (χ1) is 9.97. The van der Waals surface area contributed by atoms with Crippen LogP contribution in [0.4, 0.5) is 0 Å². The van der Waals surface area contributed by atoms with Crippen molar-refractivity contribution in [2.45, 2.75) is 70.9 Å². The smallest absolute Gasteiger partial charge is 0.223 e. The highest BCUT2D eigenvalue weighted by atomic mass is 32.1. The summed E-state index contributed by atoms with van der Waals surface area (Å²) in [5.74, 6) is 0.539. The number of amides is 1. The van der Waals surface area contributed by atoms with Crippen molar-refractivity contribution in [3.63, 3.8) is 0 Å². The third-order valence-corrected chi connectivity index (χ3v) is 4.94. The first-order valence-corrected chi connectivity index (χ1v) is 8.71. The van der Waals surface area contributed by atoms with Crippen LogP contribution in [0.1, 0.15) is 62.3 Å². The van der Waals surface area contributed by atoms with E-state index in [9.17, 15) is 9.90 Å². The van der Waals surface area contributed by atoms with Crippen LogP contribution in [0.25, 0.3) is 0 Å². The average Bonchev–Trinajstić information content (AvgIpc) is 2.83. The lowest BCUT2D eigenvalue weighted by molar-refractivity contribution is -0.127. The van der Waals surface area contributed by atoms with Crippen molar-refractivity contribution in [2.75, 3.05) is 0 Å². The van der Waals surface area contributed by atoms with Crippen molar-refractivity contribution < 1.29 is 9.90 Å². The lowest BCUT2D eigenvalue weighted by atomic mass is 9.82. The maximum atomic E-state index is 12.0. The number of rotatable bonds is 6. The van der Waals surface area contributed by atoms with Crippen LogP contribution in [0, 0.1) is 5.92 Å². The summed E-state index contributed by atoms with van der Waals surface area (Å²) in [4.78, 5) is 17.4. The van der Waals surface area contributed by atoms with Crippen LogP contribution in [0.15, 0.2) is 6.20 Å². The van der Waals surface area contributed by atoms with Gasteiger partial charge in [0, 0.05) is 17.5 Å². The summed E-state index contributed by atoms with van der Waals surface area (Å²) < 4.78 is 0. The van der Waals surface area contributed by atoms with Crippen molar-refractivity contribution in [3.8, 4) is 0 Å². The zero-order valence-corrected chi connectivity index (χ0v) is 13.8. The van der Waals surface area contributed by atoms with Gasteiger partial charge in [0.25, 0.3) is 0 Å². The van der Waals surface area contributed by atoms with Crippen LogP contribution in [-0.4, -0.2) is 21.6 Å². The fraction of sp³-hybridized carbons (Fsp3) is 0.750. The topological polar surface area (TPSA) is 62.2 Å². The van der Waals surface area contributed by atoms with Crippen molar-refractivity contribution in [3.05, 3.63) is 16.1 Å². The second-order valence-electron chi connectivity index (χ2n) is 6.56. The van der Waals surface area contributed by atoms with E-state index >= 15 is 0 Å². The third kappa shape index (κ3) is 5.40. The van der Waals surface area contributed by atoms with Crippen LogP contribution in [0.2, 0.25) is 0 Å². The lowest BCUT2D eigenvalue weighted by Crippen LogP contribution is -2.38. The summed E-state index contributed by atoms with van der Waals surface area (Å²) in [6, 6.07) is 0. The van der Waals surface area contributed by atoms with Crippen molar-refractivity contribution in [1.82, 2.24) is 10.3 Å². The van der Waals surface area contributed by atoms with Gasteiger partial charge in [0.2, 0.25) is 5.91 Å². The van der Waals surface area contributed by atoms with E-state index in [0.29, 0.717) is 12.5 Å². The number of nitrogens with zero attached hydrogens (tertiary/aromatic N) is 1. The maximum absolute atomic E-state index is 12.0. The molecule has 0 atom stereocenters. The third-order valence-electron chi connectivity index (χ3n) is 3.92. The Labute approximate surface area is 131 Å². The molecule has 1 aliphatic rings. The van der Waals surface area contributed by atoms with Gasteiger partial charge in [0.05, 0.1) is 23.6 Å². The van der Waals surface area contributed by atoms with Gasteiger partial charge < -0.3 is 10.4 Å². The molecule has 2 N–H and O–H groups in total. The Balaban J connectivity index is 1.77. The summed E-state index contributed by atoms with van der Waals surface area (Å²) >= 11 is 1.66. The molecule has 0 aliphatic heterocycles. The molecule has 0 saturated heterocycles. The van der Waals surface area contributed by atoms with E-state index in [1.54, 1.807) is 11.3 Å². The van der Waals surface area contributed by atoms with Gasteiger partial charge in [-0.15, -0.1) is 11.3 Å². The Kier molecular flexibility index (Phi) is 5.76. The number of hydrogen-bond acceptors (Lipinski definition) is 4. The molecule has 0 bridgehead atoms. The van der Waals surface area contributed by atoms with E-state index < -0.39 is 5.60 Å². The predicted molar refractivity (Wildman–Crippen MR) is 85.2 cm³/mol. The molecule has 1 aromatic rings. The fourth-order valence-corrected chi connectivity index (χ4v) is 3.88. The number of carbonyl (C=O) groups excluding carboxylic acids is 1. The summed E-state index contributed by atoms with van der Waals surface area (Å²) in [5, 5.41) is 14.4. The lowest BCUT2D eigenvalue weighted by Gasteiger charge is -2.31. The monoisotopic (exact) mass is 310 g/mol. The Hall–Kier alpha value is -0.940. The highest BCUT2D eigenvalue weighted by Gasteiger charge is 2.31. The van der Waals surface area contributed by atoms with Gasteiger partial charge in [-0.1, -0.05) is 33.1 Å². The minimum absolute atomic E-state index is 0.0572. The van der Waals surface area contributed by atoms with Crippen LogP contribution < -0.4 is 5.32 Å². The zero-order valence-electron chi connectivity index (χ0n) is 13.0. The van der Waals surface area contributed by atoms with Gasteiger partial charge in [-0.25, -0.2) is 4.98 Å². The normalized spacial score (nSPS) is 17.9. The van der Waals surface area contributed by atoms with Gasteiger partial charge in [-0.3, -0.25) is 4.79 Å². The quantitative estimate of drug-likeness (QED) is 0.849. The standard InChI is InChI=1S/C16H26N2O2S/c1-12(2)8-15-18-11-13(21-15)10-17-14(19)9-16(20)6-4-3-5-7-16/h11-12,20H,3-10H2,1-2H3,(H,17,19). The van der Waals surface area contributed by atoms with Crippen molar-refractivity contribution >= 4 is 17.2 Å². The molecular formula is C16H26N2O2S. The molecule has 1 aliphatic carbocycles. The molecule has 0 spiro atoms. The van der Waals surface area contributed by atoms with Crippen molar-refractivity contribution in [2.24, 2.45) is 5.92 Å². The summed E-state index contributed by atoms with van der Waals surface area (Å²) in [6.07, 6.45) is 7.78. The molecule has 1 amide bonds. The molecule has 21 heavy (non-hydrogen) atoms. The number of hydrogen-bond donors (Lipinski definition) is 2. The molecule has 1 fully saturated rings. The van der Waals surface area contributed by atoms with E-state index in [4.69, 9.17) is 0 Å². The highest BCUT2D eigenvalue weighted by Crippen LogP contribution is 2.30. The summed E-state index contributed by atoms with van der Waals surface area (Å²) in [5.41, 5.74) is -0.779. The zero-order chi connectivity index (χ0) is 15.3. The van der Waals surface area contributed by atoms with E-state index in [2.05, 4.69) is 24.1 Å². The molecule has 0 aromatic carbocycles. The molecule has 0 unspecified atom stereocenters. The van der Waals surface area contributed by atoms with Crippen LogP contribution in [0.5, 0.6) is 0 Å². The Morgan fingerprint density at radius 1 is 1.43 bits per heavy atom. The Morgan fingerprint density at radius 3 is 2.81 bits per heavy atom. The maximum Gasteiger partial charge on any atom is 0.223 e. The molecule has 1 aromatic heterocycles. The van der Waals surface area contributed by atoms with Crippen LogP contribution >= 0.6 is 11.3 Å². The predicted octanol–water partition coefficient (Wildman–Crippen LogP) is 3.04. The summed E-state index contributed by atoms with van der Waals surface area (Å²) in [7, 11) is 0. The average molecular weight is 310 g/mol. The van der Waals surface area contributed by atoms with Crippen LogP contribution in [0.3, 0.4) is 0 Å². The van der Waals surface area contributed by atoms with Crippen LogP contribution in [-0.2, 0) is 17.8 Å². The molecule has 2 rings (SSSR count). The number of carbonyl (C=O) groups is 1. The number of thiazole rings is 1. The highest BCUT2D eigenvalue weighted by molar-refractivity contribution is 7.11. The van der Waals surface area contributed by atoms with Gasteiger partial charge >= 0.3 is 0 Å². The Bertz CT molecular complexity index is 465. The molecule has 1 saturated carbocycles. The van der Waals surface area contributed by atoms with E-state index in [-0.39, 0.29) is 12.3 Å².